The Morgan fingerprint density at radius 2 is 1.67 bits per heavy atom. The van der Waals surface area contributed by atoms with Gasteiger partial charge >= 0.3 is 0 Å². The van der Waals surface area contributed by atoms with Crippen molar-refractivity contribution in [1.82, 2.24) is 39.9 Å². The van der Waals surface area contributed by atoms with Crippen LogP contribution in [-0.4, -0.2) is 73.1 Å². The Bertz CT molecular complexity index is 1830. The monoisotopic (exact) mass is 636 g/mol. The number of thioether (sulfide) groups is 1. The van der Waals surface area contributed by atoms with Gasteiger partial charge in [0.1, 0.15) is 11.0 Å². The van der Waals surface area contributed by atoms with Crippen molar-refractivity contribution >= 4 is 34.0 Å². The first-order valence-corrected chi connectivity index (χ1v) is 17.2. The Balaban J connectivity index is 0.000000200. The molecule has 238 valence electrons. The molecule has 0 amide bonds. The molecule has 8 rings (SSSR count). The van der Waals surface area contributed by atoms with Crippen molar-refractivity contribution in [3.8, 4) is 11.4 Å². The molecular formula is C35H40N8O2S. The maximum absolute atomic E-state index is 5.87. The van der Waals surface area contributed by atoms with E-state index in [1.165, 1.54) is 28.6 Å². The van der Waals surface area contributed by atoms with Crippen LogP contribution in [0.5, 0.6) is 0 Å². The molecule has 1 N–H and O–H groups in total. The van der Waals surface area contributed by atoms with Crippen molar-refractivity contribution in [3.63, 3.8) is 0 Å². The number of hydrogen-bond donors (Lipinski definition) is 1. The zero-order valence-corrected chi connectivity index (χ0v) is 27.4. The molecule has 0 atom stereocenters. The summed E-state index contributed by atoms with van der Waals surface area (Å²) in [5, 5.41) is 13.1. The summed E-state index contributed by atoms with van der Waals surface area (Å²) in [7, 11) is 2.02. The van der Waals surface area contributed by atoms with Crippen molar-refractivity contribution in [1.29, 1.82) is 0 Å². The molecule has 0 radical (unpaired) electrons. The van der Waals surface area contributed by atoms with Crippen LogP contribution in [-0.2, 0) is 39.2 Å². The lowest BCUT2D eigenvalue weighted by Crippen LogP contribution is -2.27. The van der Waals surface area contributed by atoms with Crippen LogP contribution in [0.3, 0.4) is 0 Å². The lowest BCUT2D eigenvalue weighted by atomic mass is 10.0. The molecule has 0 fully saturated rings. The molecule has 10 nitrogen and oxygen atoms in total. The maximum atomic E-state index is 5.87. The van der Waals surface area contributed by atoms with Crippen LogP contribution in [0.15, 0.2) is 69.2 Å². The molecule has 6 aromatic rings. The van der Waals surface area contributed by atoms with Crippen molar-refractivity contribution in [2.45, 2.75) is 50.6 Å². The Kier molecular flexibility index (Phi) is 9.41. The summed E-state index contributed by atoms with van der Waals surface area (Å²) in [6.45, 7) is 7.49. The molecule has 46 heavy (non-hydrogen) atoms. The van der Waals surface area contributed by atoms with Crippen LogP contribution in [0, 0.1) is 0 Å². The van der Waals surface area contributed by atoms with Gasteiger partial charge in [-0.3, -0.25) is 4.98 Å². The summed E-state index contributed by atoms with van der Waals surface area (Å²) >= 11 is 1.77. The van der Waals surface area contributed by atoms with Crippen LogP contribution in [0.1, 0.15) is 41.5 Å². The molecule has 2 aliphatic rings. The number of nitrogens with one attached hydrogen (secondary N) is 1. The topological polar surface area (TPSA) is 111 Å². The second kappa shape index (κ2) is 14.1. The molecule has 6 heterocycles. The standard InChI is InChI=1S/C24H28N6OS.C11H12N2O/c1-3-22-26-20-14-17-7-11-30(12-8-18(17)15-21(20)31-22)10-5-13-32-24-28-27-23(29(24)2)19-6-4-9-25-16-19;1-3-12-4-2-9-6-11-10(5-8(1)9)13-7-14-11/h4,6,9,14-16H,3,5,7-8,10-13H2,1-2H3;5-7,12H,1-4H2. The molecular weight excluding hydrogens is 597 g/mol. The smallest absolute Gasteiger partial charge is 0.195 e. The summed E-state index contributed by atoms with van der Waals surface area (Å²) < 4.78 is 13.2. The number of hydrogen-bond acceptors (Lipinski definition) is 10. The van der Waals surface area contributed by atoms with Crippen molar-refractivity contribution in [2.75, 3.05) is 38.5 Å². The van der Waals surface area contributed by atoms with Gasteiger partial charge in [-0.1, -0.05) is 18.7 Å². The van der Waals surface area contributed by atoms with Gasteiger partial charge in [0.2, 0.25) is 0 Å². The van der Waals surface area contributed by atoms with E-state index < -0.39 is 0 Å². The van der Waals surface area contributed by atoms with Gasteiger partial charge in [-0.05, 0) is 110 Å². The van der Waals surface area contributed by atoms with Gasteiger partial charge in [-0.2, -0.15) is 0 Å². The Morgan fingerprint density at radius 3 is 2.48 bits per heavy atom. The third-order valence-electron chi connectivity index (χ3n) is 8.85. The quantitative estimate of drug-likeness (QED) is 0.174. The molecule has 2 aliphatic heterocycles. The SMILES string of the molecule is CCc1nc2cc3c(cc2o1)CCN(CCCSc1nnc(-c2cccnc2)n1C)CC3.c1nc2cc3c(cc2o1)CCNCC3. The summed E-state index contributed by atoms with van der Waals surface area (Å²) in [5.74, 6) is 2.71. The van der Waals surface area contributed by atoms with Gasteiger partial charge in [0.05, 0.1) is 0 Å². The van der Waals surface area contributed by atoms with Crippen molar-refractivity contribution in [2.24, 2.45) is 7.05 Å². The number of nitrogens with zero attached hydrogens (tertiary/aromatic N) is 7. The molecule has 0 spiro atoms. The highest BCUT2D eigenvalue weighted by Crippen LogP contribution is 2.26. The maximum Gasteiger partial charge on any atom is 0.195 e. The fourth-order valence-corrected chi connectivity index (χ4v) is 7.11. The van der Waals surface area contributed by atoms with Crippen LogP contribution >= 0.6 is 11.8 Å². The molecule has 0 unspecified atom stereocenters. The number of benzene rings is 2. The van der Waals surface area contributed by atoms with Crippen LogP contribution < -0.4 is 5.32 Å². The first-order chi connectivity index (χ1) is 22.6. The largest absolute Gasteiger partial charge is 0.443 e. The summed E-state index contributed by atoms with van der Waals surface area (Å²) in [4.78, 5) is 15.5. The Hall–Kier alpha value is -4.06. The minimum Gasteiger partial charge on any atom is -0.443 e. The zero-order valence-electron chi connectivity index (χ0n) is 26.5. The number of aryl methyl sites for hydroxylation is 1. The van der Waals surface area contributed by atoms with E-state index in [2.05, 4.69) is 71.1 Å². The number of pyridine rings is 1. The molecule has 0 aliphatic carbocycles. The predicted molar refractivity (Wildman–Crippen MR) is 181 cm³/mol. The van der Waals surface area contributed by atoms with E-state index >= 15 is 0 Å². The average Bonchev–Trinajstić information content (AvgIpc) is 3.72. The number of aromatic nitrogens is 6. The first-order valence-electron chi connectivity index (χ1n) is 16.3. The third-order valence-corrected chi connectivity index (χ3v) is 9.96. The molecule has 0 saturated heterocycles. The Morgan fingerprint density at radius 1 is 0.913 bits per heavy atom. The van der Waals surface area contributed by atoms with Gasteiger partial charge in [0, 0.05) is 50.3 Å². The normalized spacial score (nSPS) is 15.2. The Labute approximate surface area is 273 Å². The molecule has 11 heteroatoms. The molecule has 0 saturated carbocycles. The summed E-state index contributed by atoms with van der Waals surface area (Å²) in [6, 6.07) is 12.7. The predicted octanol–water partition coefficient (Wildman–Crippen LogP) is 5.68. The highest BCUT2D eigenvalue weighted by Gasteiger charge is 2.17. The van der Waals surface area contributed by atoms with E-state index in [0.717, 1.165) is 122 Å². The molecule has 2 aromatic carbocycles. The first kappa shape index (κ1) is 30.6. The van der Waals surface area contributed by atoms with Gasteiger partial charge in [-0.15, -0.1) is 10.2 Å². The van der Waals surface area contributed by atoms with Crippen molar-refractivity contribution < 1.29 is 8.83 Å². The summed E-state index contributed by atoms with van der Waals surface area (Å²) in [5.41, 5.74) is 10.5. The van der Waals surface area contributed by atoms with Gasteiger partial charge in [0.25, 0.3) is 0 Å². The van der Waals surface area contributed by atoms with E-state index in [0.29, 0.717) is 0 Å². The van der Waals surface area contributed by atoms with Gasteiger partial charge in [-0.25, -0.2) is 9.97 Å². The van der Waals surface area contributed by atoms with Crippen LogP contribution in [0.4, 0.5) is 0 Å². The highest BCUT2D eigenvalue weighted by molar-refractivity contribution is 7.99. The van der Waals surface area contributed by atoms with Crippen LogP contribution in [0.2, 0.25) is 0 Å². The third kappa shape index (κ3) is 6.86. The minimum atomic E-state index is 0.828. The second-order valence-electron chi connectivity index (χ2n) is 11.9. The van der Waals surface area contributed by atoms with Gasteiger partial charge < -0.3 is 23.6 Å². The van der Waals surface area contributed by atoms with E-state index in [1.54, 1.807) is 18.0 Å². The number of fused-ring (bicyclic) bond motifs is 4. The minimum absolute atomic E-state index is 0.828. The van der Waals surface area contributed by atoms with Crippen LogP contribution in [0.25, 0.3) is 33.6 Å². The van der Waals surface area contributed by atoms with E-state index in [1.807, 2.05) is 25.4 Å². The number of rotatable bonds is 7. The highest BCUT2D eigenvalue weighted by atomic mass is 32.2. The lowest BCUT2D eigenvalue weighted by Gasteiger charge is -2.19. The van der Waals surface area contributed by atoms with E-state index in [4.69, 9.17) is 8.83 Å². The second-order valence-corrected chi connectivity index (χ2v) is 13.0. The number of oxazole rings is 2. The fourth-order valence-electron chi connectivity index (χ4n) is 6.28. The van der Waals surface area contributed by atoms with Gasteiger partial charge in [0.15, 0.2) is 34.4 Å². The van der Waals surface area contributed by atoms with Crippen molar-refractivity contribution in [3.05, 3.63) is 83.3 Å². The fraction of sp³-hybridized carbons (Fsp3) is 0.400. The average molecular weight is 637 g/mol. The van der Waals surface area contributed by atoms with E-state index in [9.17, 15) is 0 Å². The lowest BCUT2D eigenvalue weighted by molar-refractivity contribution is 0.289. The zero-order chi connectivity index (χ0) is 31.3. The van der Waals surface area contributed by atoms with E-state index in [-0.39, 0.29) is 0 Å². The molecule has 4 aromatic heterocycles. The molecule has 0 bridgehead atoms. The summed E-state index contributed by atoms with van der Waals surface area (Å²) in [6.07, 6.45) is 11.4.